The molecule has 24 heavy (non-hydrogen) atoms. The van der Waals surface area contributed by atoms with E-state index in [0.29, 0.717) is 5.56 Å². The monoisotopic (exact) mass is 317 g/mol. The molecule has 1 N–H and O–H groups in total. The lowest BCUT2D eigenvalue weighted by molar-refractivity contribution is 0.0938. The predicted molar refractivity (Wildman–Crippen MR) is 93.4 cm³/mol. The molecule has 1 aromatic heterocycles. The summed E-state index contributed by atoms with van der Waals surface area (Å²) in [5.74, 6) is -0.0486. The number of benzene rings is 2. The van der Waals surface area contributed by atoms with Crippen LogP contribution >= 0.6 is 0 Å². The number of nitrogens with one attached hydrogen (secondary N) is 1. The van der Waals surface area contributed by atoms with Crippen LogP contribution < -0.4 is 5.32 Å². The van der Waals surface area contributed by atoms with E-state index in [0.717, 1.165) is 24.2 Å². The molecule has 0 saturated carbocycles. The summed E-state index contributed by atoms with van der Waals surface area (Å²) in [4.78, 5) is 12.7. The Morgan fingerprint density at radius 2 is 1.67 bits per heavy atom. The first-order chi connectivity index (χ1) is 11.7. The summed E-state index contributed by atoms with van der Waals surface area (Å²) < 4.78 is 1.80. The Labute approximate surface area is 141 Å². The van der Waals surface area contributed by atoms with Gasteiger partial charge >= 0.3 is 0 Å². The van der Waals surface area contributed by atoms with E-state index in [1.165, 1.54) is 11.1 Å². The molecule has 0 saturated heterocycles. The summed E-state index contributed by atoms with van der Waals surface area (Å²) >= 11 is 0. The van der Waals surface area contributed by atoms with Crippen molar-refractivity contribution in [2.45, 2.75) is 25.8 Å². The fourth-order valence-electron chi connectivity index (χ4n) is 3.39. The Balaban J connectivity index is 1.51. The molecule has 2 aromatic carbocycles. The van der Waals surface area contributed by atoms with Crippen LogP contribution in [0, 0.1) is 6.92 Å². The van der Waals surface area contributed by atoms with E-state index in [2.05, 4.69) is 34.7 Å². The quantitative estimate of drug-likeness (QED) is 0.807. The highest BCUT2D eigenvalue weighted by molar-refractivity contribution is 5.95. The Kier molecular flexibility index (Phi) is 3.65. The number of hydrogen-bond donors (Lipinski definition) is 1. The molecule has 0 radical (unpaired) electrons. The van der Waals surface area contributed by atoms with E-state index in [9.17, 15) is 4.79 Å². The standard InChI is InChI=1S/C20H19N3O/c1-14-19(13-21-23(14)18-9-3-2-4-10-18)20(24)22-17-11-15-7-5-6-8-16(15)12-17/h2-10,13,17H,11-12H2,1H3,(H,22,24). The Hall–Kier alpha value is -2.88. The van der Waals surface area contributed by atoms with Gasteiger partial charge in [0.15, 0.2) is 0 Å². The number of carbonyl (C=O) groups is 1. The molecule has 3 aromatic rings. The van der Waals surface area contributed by atoms with Crippen molar-refractivity contribution < 1.29 is 4.79 Å². The van der Waals surface area contributed by atoms with Crippen LogP contribution in [-0.2, 0) is 12.8 Å². The molecule has 0 unspecified atom stereocenters. The minimum atomic E-state index is -0.0486. The molecule has 4 nitrogen and oxygen atoms in total. The summed E-state index contributed by atoms with van der Waals surface area (Å²) in [5, 5.41) is 7.53. The highest BCUT2D eigenvalue weighted by Crippen LogP contribution is 2.22. The van der Waals surface area contributed by atoms with Crippen molar-refractivity contribution in [3.05, 3.63) is 83.2 Å². The number of fused-ring (bicyclic) bond motifs is 1. The van der Waals surface area contributed by atoms with Gasteiger partial charge in [0.25, 0.3) is 5.91 Å². The summed E-state index contributed by atoms with van der Waals surface area (Å²) in [7, 11) is 0. The number of hydrogen-bond acceptors (Lipinski definition) is 2. The van der Waals surface area contributed by atoms with E-state index in [-0.39, 0.29) is 11.9 Å². The second-order valence-corrected chi connectivity index (χ2v) is 6.24. The highest BCUT2D eigenvalue weighted by atomic mass is 16.1. The molecule has 4 heteroatoms. The van der Waals surface area contributed by atoms with Crippen LogP contribution in [0.15, 0.2) is 60.8 Å². The third-order valence-electron chi connectivity index (χ3n) is 4.64. The highest BCUT2D eigenvalue weighted by Gasteiger charge is 2.24. The molecule has 4 rings (SSSR count). The van der Waals surface area contributed by atoms with Crippen molar-refractivity contribution in [1.82, 2.24) is 15.1 Å². The number of rotatable bonds is 3. The molecule has 0 aliphatic heterocycles. The van der Waals surface area contributed by atoms with Crippen molar-refractivity contribution in [1.29, 1.82) is 0 Å². The molecular formula is C20H19N3O. The topological polar surface area (TPSA) is 46.9 Å². The first-order valence-electron chi connectivity index (χ1n) is 8.20. The van der Waals surface area contributed by atoms with Gasteiger partial charge < -0.3 is 5.32 Å². The largest absolute Gasteiger partial charge is 0.349 e. The fourth-order valence-corrected chi connectivity index (χ4v) is 3.39. The van der Waals surface area contributed by atoms with Gasteiger partial charge in [-0.3, -0.25) is 4.79 Å². The number of amides is 1. The van der Waals surface area contributed by atoms with Crippen LogP contribution in [0.1, 0.15) is 27.2 Å². The lowest BCUT2D eigenvalue weighted by atomic mass is 10.1. The van der Waals surface area contributed by atoms with Gasteiger partial charge in [-0.15, -0.1) is 0 Å². The lowest BCUT2D eigenvalue weighted by Crippen LogP contribution is -2.35. The number of nitrogens with zero attached hydrogens (tertiary/aromatic N) is 2. The molecule has 0 spiro atoms. The number of para-hydroxylation sites is 1. The van der Waals surface area contributed by atoms with Gasteiger partial charge in [-0.05, 0) is 43.0 Å². The van der Waals surface area contributed by atoms with Crippen molar-refractivity contribution >= 4 is 5.91 Å². The lowest BCUT2D eigenvalue weighted by Gasteiger charge is -2.12. The zero-order valence-corrected chi connectivity index (χ0v) is 13.6. The average molecular weight is 317 g/mol. The molecule has 1 amide bonds. The molecule has 1 heterocycles. The van der Waals surface area contributed by atoms with Gasteiger partial charge in [0.1, 0.15) is 0 Å². The molecule has 120 valence electrons. The second-order valence-electron chi connectivity index (χ2n) is 6.24. The molecule has 0 atom stereocenters. The van der Waals surface area contributed by atoms with Crippen LogP contribution in [0.3, 0.4) is 0 Å². The number of aromatic nitrogens is 2. The minimum absolute atomic E-state index is 0.0486. The normalized spacial score (nSPS) is 13.7. The molecular weight excluding hydrogens is 298 g/mol. The zero-order chi connectivity index (χ0) is 16.5. The van der Waals surface area contributed by atoms with Crippen molar-refractivity contribution in [3.8, 4) is 5.69 Å². The summed E-state index contributed by atoms with van der Waals surface area (Å²) in [6.07, 6.45) is 3.45. The average Bonchev–Trinajstić information content (AvgIpc) is 3.18. The molecule has 0 bridgehead atoms. The second kappa shape index (κ2) is 5.96. The van der Waals surface area contributed by atoms with Crippen LogP contribution in [-0.4, -0.2) is 21.7 Å². The van der Waals surface area contributed by atoms with Gasteiger partial charge in [0, 0.05) is 6.04 Å². The zero-order valence-electron chi connectivity index (χ0n) is 13.6. The SMILES string of the molecule is Cc1c(C(=O)NC2Cc3ccccc3C2)cnn1-c1ccccc1. The Morgan fingerprint density at radius 3 is 2.33 bits per heavy atom. The van der Waals surface area contributed by atoms with Crippen molar-refractivity contribution in [3.63, 3.8) is 0 Å². The van der Waals surface area contributed by atoms with Gasteiger partial charge in [-0.2, -0.15) is 5.10 Å². The van der Waals surface area contributed by atoms with Crippen molar-refractivity contribution in [2.75, 3.05) is 0 Å². The van der Waals surface area contributed by atoms with Crippen LogP contribution in [0.5, 0.6) is 0 Å². The van der Waals surface area contributed by atoms with E-state index in [1.54, 1.807) is 10.9 Å². The van der Waals surface area contributed by atoms with E-state index >= 15 is 0 Å². The van der Waals surface area contributed by atoms with E-state index in [4.69, 9.17) is 0 Å². The van der Waals surface area contributed by atoms with Crippen LogP contribution in [0.4, 0.5) is 0 Å². The number of carbonyl (C=O) groups excluding carboxylic acids is 1. The smallest absolute Gasteiger partial charge is 0.255 e. The van der Waals surface area contributed by atoms with Crippen LogP contribution in [0.2, 0.25) is 0 Å². The Bertz CT molecular complexity index is 858. The summed E-state index contributed by atoms with van der Waals surface area (Å²) in [6.45, 7) is 1.93. The first kappa shape index (κ1) is 14.7. The van der Waals surface area contributed by atoms with Gasteiger partial charge in [0.05, 0.1) is 23.1 Å². The van der Waals surface area contributed by atoms with Crippen molar-refractivity contribution in [2.24, 2.45) is 0 Å². The van der Waals surface area contributed by atoms with Gasteiger partial charge in [-0.1, -0.05) is 42.5 Å². The fraction of sp³-hybridized carbons (Fsp3) is 0.200. The van der Waals surface area contributed by atoms with Gasteiger partial charge in [0.2, 0.25) is 0 Å². The summed E-state index contributed by atoms with van der Waals surface area (Å²) in [5.41, 5.74) is 5.12. The first-order valence-corrected chi connectivity index (χ1v) is 8.20. The third-order valence-corrected chi connectivity index (χ3v) is 4.64. The van der Waals surface area contributed by atoms with Crippen LogP contribution in [0.25, 0.3) is 5.69 Å². The maximum atomic E-state index is 12.7. The predicted octanol–water partition coefficient (Wildman–Crippen LogP) is 3.08. The molecule has 1 aliphatic rings. The maximum absolute atomic E-state index is 12.7. The molecule has 0 fully saturated rings. The van der Waals surface area contributed by atoms with E-state index < -0.39 is 0 Å². The van der Waals surface area contributed by atoms with Gasteiger partial charge in [-0.25, -0.2) is 4.68 Å². The minimum Gasteiger partial charge on any atom is -0.349 e. The maximum Gasteiger partial charge on any atom is 0.255 e. The summed E-state index contributed by atoms with van der Waals surface area (Å²) in [6, 6.07) is 18.4. The van der Waals surface area contributed by atoms with E-state index in [1.807, 2.05) is 37.3 Å². The Morgan fingerprint density at radius 1 is 1.04 bits per heavy atom. The third kappa shape index (κ3) is 2.60. The molecule has 1 aliphatic carbocycles.